The Morgan fingerprint density at radius 1 is 0.419 bits per heavy atom. The maximum atomic E-state index is 13.1. The third kappa shape index (κ3) is 32.9. The van der Waals surface area contributed by atoms with E-state index in [1.807, 2.05) is 0 Å². The molecule has 11 unspecified atom stereocenters. The molecule has 0 aromatic carbocycles. The average Bonchev–Trinajstić information content (AvgIpc) is 3.39. The standard InChI is InChI=1S/C59H110O15/c1-3-5-7-9-11-13-15-17-19-21-22-23-24-26-27-29-31-33-35-37-39-41-50(61)69-44-47(72-51(62)42-40-38-36-34-32-30-28-25-20-18-16-14-12-10-8-6-4-2)45-70-58-57(68)55(66)53(64)49(74-58)46-71-59-56(67)54(65)52(63)48(43-60)73-59/h18,20,47-49,52-60,63-68H,3-17,19,21-46H2,1-2H3/b20-18-. The topological polar surface area (TPSA) is 231 Å². The van der Waals surface area contributed by atoms with E-state index >= 15 is 0 Å². The number of aliphatic hydroxyl groups is 7. The van der Waals surface area contributed by atoms with E-state index in [0.717, 1.165) is 51.4 Å². The lowest BCUT2D eigenvalue weighted by Crippen LogP contribution is -2.61. The lowest BCUT2D eigenvalue weighted by atomic mass is 9.98. The van der Waals surface area contributed by atoms with Crippen LogP contribution in [0.15, 0.2) is 12.2 Å². The van der Waals surface area contributed by atoms with E-state index in [1.54, 1.807) is 0 Å². The van der Waals surface area contributed by atoms with Gasteiger partial charge in [0.2, 0.25) is 0 Å². The molecule has 0 aromatic heterocycles. The zero-order chi connectivity index (χ0) is 53.9. The van der Waals surface area contributed by atoms with Crippen LogP contribution in [0.2, 0.25) is 0 Å². The molecule has 2 aliphatic heterocycles. The second kappa shape index (κ2) is 46.2. The average molecular weight is 1060 g/mol. The van der Waals surface area contributed by atoms with E-state index in [4.69, 9.17) is 28.4 Å². The summed E-state index contributed by atoms with van der Waals surface area (Å²) in [6.45, 7) is 2.64. The Morgan fingerprint density at radius 2 is 0.770 bits per heavy atom. The van der Waals surface area contributed by atoms with Gasteiger partial charge in [-0.1, -0.05) is 219 Å². The van der Waals surface area contributed by atoms with Gasteiger partial charge in [0.25, 0.3) is 0 Å². The van der Waals surface area contributed by atoms with Gasteiger partial charge in [0.1, 0.15) is 55.4 Å². The molecule has 0 spiro atoms. The van der Waals surface area contributed by atoms with Crippen molar-refractivity contribution in [3.8, 4) is 0 Å². The predicted octanol–water partition coefficient (Wildman–Crippen LogP) is 10.5. The third-order valence-electron chi connectivity index (χ3n) is 14.7. The van der Waals surface area contributed by atoms with Crippen molar-refractivity contribution in [2.45, 2.75) is 325 Å². The van der Waals surface area contributed by atoms with Gasteiger partial charge in [-0.05, 0) is 38.5 Å². The molecule has 0 aromatic rings. The number of ether oxygens (including phenoxy) is 6. The van der Waals surface area contributed by atoms with Gasteiger partial charge < -0.3 is 64.2 Å². The number of esters is 2. The van der Waals surface area contributed by atoms with Crippen molar-refractivity contribution in [3.05, 3.63) is 12.2 Å². The zero-order valence-electron chi connectivity index (χ0n) is 46.6. The highest BCUT2D eigenvalue weighted by molar-refractivity contribution is 5.70. The SMILES string of the molecule is CCCCCCCC/C=C\CCCCCCCCCC(=O)OC(COC(=O)CCCCCCCCCCCCCCCCCCCCCCC)COC1OC(COC2OC(CO)C(O)C(O)C2O)C(O)C(O)C1O. The molecule has 7 N–H and O–H groups in total. The minimum Gasteiger partial charge on any atom is -0.462 e. The first-order valence-corrected chi connectivity index (χ1v) is 30.3. The van der Waals surface area contributed by atoms with Gasteiger partial charge in [0.05, 0.1) is 19.8 Å². The fourth-order valence-corrected chi connectivity index (χ4v) is 9.80. The molecule has 0 radical (unpaired) electrons. The van der Waals surface area contributed by atoms with Crippen LogP contribution >= 0.6 is 0 Å². The zero-order valence-corrected chi connectivity index (χ0v) is 46.6. The number of allylic oxidation sites excluding steroid dienone is 2. The normalized spacial score (nSPS) is 24.7. The second-order valence-corrected chi connectivity index (χ2v) is 21.5. The summed E-state index contributed by atoms with van der Waals surface area (Å²) in [5, 5.41) is 72.3. The van der Waals surface area contributed by atoms with Gasteiger partial charge in [-0.3, -0.25) is 9.59 Å². The van der Waals surface area contributed by atoms with Gasteiger partial charge in [0.15, 0.2) is 18.7 Å². The smallest absolute Gasteiger partial charge is 0.306 e. The number of carbonyl (C=O) groups excluding carboxylic acids is 2. The van der Waals surface area contributed by atoms with Gasteiger partial charge in [-0.25, -0.2) is 0 Å². The highest BCUT2D eigenvalue weighted by Gasteiger charge is 2.47. The van der Waals surface area contributed by atoms with Crippen LogP contribution in [0.1, 0.15) is 258 Å². The number of hydrogen-bond donors (Lipinski definition) is 7. The number of hydrogen-bond acceptors (Lipinski definition) is 15. The second-order valence-electron chi connectivity index (χ2n) is 21.5. The lowest BCUT2D eigenvalue weighted by molar-refractivity contribution is -0.332. The summed E-state index contributed by atoms with van der Waals surface area (Å²) in [6.07, 6.45) is 32.3. The van der Waals surface area contributed by atoms with Crippen LogP contribution in [0.5, 0.6) is 0 Å². The molecule has 2 aliphatic rings. The first kappa shape index (κ1) is 68.3. The fraction of sp³-hybridized carbons (Fsp3) is 0.932. The van der Waals surface area contributed by atoms with Crippen molar-refractivity contribution < 1.29 is 73.8 Å². The Morgan fingerprint density at radius 3 is 1.19 bits per heavy atom. The summed E-state index contributed by atoms with van der Waals surface area (Å²) in [5.41, 5.74) is 0. The summed E-state index contributed by atoms with van der Waals surface area (Å²) in [4.78, 5) is 25.9. The maximum Gasteiger partial charge on any atom is 0.306 e. The molecule has 15 nitrogen and oxygen atoms in total. The maximum absolute atomic E-state index is 13.1. The predicted molar refractivity (Wildman–Crippen MR) is 289 cm³/mol. The highest BCUT2D eigenvalue weighted by Crippen LogP contribution is 2.27. The number of rotatable bonds is 49. The molecule has 2 heterocycles. The van der Waals surface area contributed by atoms with Crippen LogP contribution in [-0.4, -0.2) is 142 Å². The third-order valence-corrected chi connectivity index (χ3v) is 14.7. The molecule has 11 atom stereocenters. The van der Waals surface area contributed by atoms with E-state index in [2.05, 4.69) is 26.0 Å². The van der Waals surface area contributed by atoms with E-state index in [0.29, 0.717) is 12.8 Å². The molecule has 15 heteroatoms. The quantitative estimate of drug-likeness (QED) is 0.0171. The summed E-state index contributed by atoms with van der Waals surface area (Å²) in [5.74, 6) is -0.913. The molecule has 2 rings (SSSR count). The van der Waals surface area contributed by atoms with Gasteiger partial charge in [0, 0.05) is 12.8 Å². The van der Waals surface area contributed by atoms with Crippen molar-refractivity contribution in [2.24, 2.45) is 0 Å². The van der Waals surface area contributed by atoms with Crippen molar-refractivity contribution in [1.29, 1.82) is 0 Å². The van der Waals surface area contributed by atoms with Crippen LogP contribution in [0, 0.1) is 0 Å². The number of aliphatic hydroxyl groups excluding tert-OH is 7. The van der Waals surface area contributed by atoms with E-state index in [9.17, 15) is 45.3 Å². The van der Waals surface area contributed by atoms with E-state index < -0.39 is 92.7 Å². The molecule has 0 saturated carbocycles. The molecule has 2 saturated heterocycles. The first-order valence-electron chi connectivity index (χ1n) is 30.3. The summed E-state index contributed by atoms with van der Waals surface area (Å²) in [7, 11) is 0. The lowest BCUT2D eigenvalue weighted by Gasteiger charge is -2.42. The Labute approximate surface area is 448 Å². The van der Waals surface area contributed by atoms with Crippen molar-refractivity contribution in [1.82, 2.24) is 0 Å². The van der Waals surface area contributed by atoms with E-state index in [-0.39, 0.29) is 26.1 Å². The summed E-state index contributed by atoms with van der Waals surface area (Å²) < 4.78 is 33.7. The van der Waals surface area contributed by atoms with Crippen molar-refractivity contribution in [3.63, 3.8) is 0 Å². The molecular formula is C59H110O15. The van der Waals surface area contributed by atoms with Crippen molar-refractivity contribution in [2.75, 3.05) is 26.4 Å². The molecule has 2 fully saturated rings. The van der Waals surface area contributed by atoms with Crippen LogP contribution in [0.25, 0.3) is 0 Å². The Bertz CT molecular complexity index is 1340. The largest absolute Gasteiger partial charge is 0.462 e. The first-order chi connectivity index (χ1) is 36.0. The Hall–Kier alpha value is -1.76. The van der Waals surface area contributed by atoms with Gasteiger partial charge in [-0.15, -0.1) is 0 Å². The minimum atomic E-state index is -1.76. The summed E-state index contributed by atoms with van der Waals surface area (Å²) in [6, 6.07) is 0. The fourth-order valence-electron chi connectivity index (χ4n) is 9.80. The molecular weight excluding hydrogens is 949 g/mol. The van der Waals surface area contributed by atoms with Gasteiger partial charge in [-0.2, -0.15) is 0 Å². The van der Waals surface area contributed by atoms with Gasteiger partial charge >= 0.3 is 11.9 Å². The number of carbonyl (C=O) groups is 2. The van der Waals surface area contributed by atoms with E-state index in [1.165, 1.54) is 167 Å². The molecule has 0 aliphatic carbocycles. The summed E-state index contributed by atoms with van der Waals surface area (Å²) >= 11 is 0. The highest BCUT2D eigenvalue weighted by atomic mass is 16.7. The van der Waals surface area contributed by atoms with Crippen LogP contribution < -0.4 is 0 Å². The minimum absolute atomic E-state index is 0.165. The molecule has 436 valence electrons. The van der Waals surface area contributed by atoms with Crippen molar-refractivity contribution >= 4 is 11.9 Å². The van der Waals surface area contributed by atoms with Crippen LogP contribution in [-0.2, 0) is 38.0 Å². The van der Waals surface area contributed by atoms with Crippen LogP contribution in [0.3, 0.4) is 0 Å². The molecule has 0 bridgehead atoms. The monoisotopic (exact) mass is 1060 g/mol. The Balaban J connectivity index is 1.73. The Kier molecular flexibility index (Phi) is 42.7. The molecule has 0 amide bonds. The van der Waals surface area contributed by atoms with Crippen LogP contribution in [0.4, 0.5) is 0 Å². The molecule has 74 heavy (non-hydrogen) atoms. The number of unbranched alkanes of at least 4 members (excludes halogenated alkanes) is 33.